The minimum absolute atomic E-state index is 0.00860. The minimum Gasteiger partial charge on any atom is -0.453 e. The van der Waals surface area contributed by atoms with Crippen LogP contribution in [-0.4, -0.2) is 40.6 Å². The second-order valence-corrected chi connectivity index (χ2v) is 7.78. The van der Waals surface area contributed by atoms with Crippen molar-refractivity contribution in [3.8, 4) is 0 Å². The maximum absolute atomic E-state index is 12.6. The van der Waals surface area contributed by atoms with Gasteiger partial charge in [0.25, 0.3) is 0 Å². The van der Waals surface area contributed by atoms with Crippen LogP contribution < -0.4 is 0 Å². The molecule has 6 nitrogen and oxygen atoms in total. The van der Waals surface area contributed by atoms with Crippen LogP contribution in [0.3, 0.4) is 0 Å². The van der Waals surface area contributed by atoms with Crippen molar-refractivity contribution in [3.05, 3.63) is 50.0 Å². The Balaban J connectivity index is 1.68. The van der Waals surface area contributed by atoms with Crippen LogP contribution in [0.4, 0.5) is 0 Å². The lowest BCUT2D eigenvalue weighted by molar-refractivity contribution is 0.0469. The summed E-state index contributed by atoms with van der Waals surface area (Å²) in [6.07, 6.45) is 3.42. The van der Waals surface area contributed by atoms with E-state index in [1.807, 2.05) is 13.8 Å². The molecule has 0 N–H and O–H groups in total. The van der Waals surface area contributed by atoms with Gasteiger partial charge in [-0.25, -0.2) is 9.78 Å². The fourth-order valence-corrected chi connectivity index (χ4v) is 3.78. The van der Waals surface area contributed by atoms with Crippen LogP contribution in [0, 0.1) is 13.8 Å². The Morgan fingerprint density at radius 3 is 2.71 bits per heavy atom. The molecule has 0 aliphatic carbocycles. The third-order valence-corrected chi connectivity index (χ3v) is 5.97. The first-order valence-corrected chi connectivity index (χ1v) is 9.91. The highest BCUT2D eigenvalue weighted by Crippen LogP contribution is 2.31. The fourth-order valence-electron chi connectivity index (χ4n) is 3.22. The lowest BCUT2D eigenvalue weighted by atomic mass is 10.1. The number of hydrogen-bond donors (Lipinski definition) is 0. The van der Waals surface area contributed by atoms with Crippen molar-refractivity contribution < 1.29 is 19.1 Å². The number of ketones is 1. The van der Waals surface area contributed by atoms with Gasteiger partial charge in [-0.2, -0.15) is 0 Å². The Hall–Kier alpha value is -1.60. The number of esters is 1. The van der Waals surface area contributed by atoms with Gasteiger partial charge < -0.3 is 14.0 Å². The first kappa shape index (κ1) is 21.1. The number of halogens is 3. The average molecular weight is 446 g/mol. The lowest BCUT2D eigenvalue weighted by Gasteiger charge is -2.14. The molecule has 0 saturated carbocycles. The summed E-state index contributed by atoms with van der Waals surface area (Å²) in [5, 5.41) is 0.0219. The number of Topliss-reactive ketones (excluding diaryl/α,β-unsaturated/α-hetero) is 1. The Morgan fingerprint density at radius 1 is 1.29 bits per heavy atom. The standard InChI is InChI=1S/C19H19Cl3N2O4/c1-10-6-13(11(2)24(10)8-12-4-3-5-27-12)15(25)9-28-19(26)18-17(22)16(21)14(20)7-23-18/h6-7,12H,3-5,8-9H2,1-2H3. The molecule has 9 heteroatoms. The van der Waals surface area contributed by atoms with Gasteiger partial charge >= 0.3 is 5.97 Å². The number of hydrogen-bond acceptors (Lipinski definition) is 5. The molecule has 1 aliphatic heterocycles. The Kier molecular flexibility index (Phi) is 6.65. The SMILES string of the molecule is Cc1cc(C(=O)COC(=O)c2ncc(Cl)c(Cl)c2Cl)c(C)n1CC1CCCO1. The Bertz CT molecular complexity index is 920. The summed E-state index contributed by atoms with van der Waals surface area (Å²) in [4.78, 5) is 28.6. The molecule has 1 fully saturated rings. The van der Waals surface area contributed by atoms with Gasteiger partial charge in [-0.05, 0) is 32.8 Å². The maximum atomic E-state index is 12.6. The molecule has 0 radical (unpaired) electrons. The molecule has 150 valence electrons. The second-order valence-electron chi connectivity index (χ2n) is 6.61. The predicted octanol–water partition coefficient (Wildman–Crippen LogP) is 4.68. The van der Waals surface area contributed by atoms with Crippen molar-refractivity contribution in [2.45, 2.75) is 39.3 Å². The molecule has 28 heavy (non-hydrogen) atoms. The number of nitrogens with zero attached hydrogens (tertiary/aromatic N) is 2. The molecule has 3 heterocycles. The van der Waals surface area contributed by atoms with Crippen LogP contribution in [0.15, 0.2) is 12.3 Å². The molecule has 3 rings (SSSR count). The van der Waals surface area contributed by atoms with Crippen LogP contribution in [0.25, 0.3) is 0 Å². The number of ether oxygens (including phenoxy) is 2. The van der Waals surface area contributed by atoms with Gasteiger partial charge in [0.15, 0.2) is 12.3 Å². The zero-order valence-electron chi connectivity index (χ0n) is 15.4. The van der Waals surface area contributed by atoms with E-state index in [1.165, 1.54) is 6.20 Å². The smallest absolute Gasteiger partial charge is 0.358 e. The van der Waals surface area contributed by atoms with Crippen LogP contribution in [-0.2, 0) is 16.0 Å². The lowest BCUT2D eigenvalue weighted by Crippen LogP contribution is -2.18. The van der Waals surface area contributed by atoms with Crippen molar-refractivity contribution in [3.63, 3.8) is 0 Å². The Morgan fingerprint density at radius 2 is 2.04 bits per heavy atom. The van der Waals surface area contributed by atoms with Crippen molar-refractivity contribution in [1.82, 2.24) is 9.55 Å². The van der Waals surface area contributed by atoms with Crippen molar-refractivity contribution in [2.24, 2.45) is 0 Å². The topological polar surface area (TPSA) is 70.4 Å². The monoisotopic (exact) mass is 444 g/mol. The fraction of sp³-hybridized carbons (Fsp3) is 0.421. The summed E-state index contributed by atoms with van der Waals surface area (Å²) in [6, 6.07) is 1.80. The number of carbonyl (C=O) groups is 2. The van der Waals surface area contributed by atoms with Crippen LogP contribution in [0.1, 0.15) is 45.1 Å². The number of aromatic nitrogens is 2. The molecular weight excluding hydrogens is 427 g/mol. The third kappa shape index (κ3) is 4.35. The first-order chi connectivity index (χ1) is 13.3. The zero-order chi connectivity index (χ0) is 20.4. The summed E-state index contributed by atoms with van der Waals surface area (Å²) in [7, 11) is 0. The quantitative estimate of drug-likeness (QED) is 0.477. The predicted molar refractivity (Wildman–Crippen MR) is 107 cm³/mol. The van der Waals surface area contributed by atoms with E-state index in [1.54, 1.807) is 6.07 Å². The number of carbonyl (C=O) groups excluding carboxylic acids is 2. The van der Waals surface area contributed by atoms with Gasteiger partial charge in [-0.3, -0.25) is 4.79 Å². The second kappa shape index (κ2) is 8.82. The van der Waals surface area contributed by atoms with Crippen molar-refractivity contribution in [2.75, 3.05) is 13.2 Å². The van der Waals surface area contributed by atoms with E-state index in [2.05, 4.69) is 9.55 Å². The van der Waals surface area contributed by atoms with E-state index >= 15 is 0 Å². The molecule has 0 amide bonds. The molecule has 0 spiro atoms. The average Bonchev–Trinajstić information content (AvgIpc) is 3.28. The highest BCUT2D eigenvalue weighted by Gasteiger charge is 2.23. The zero-order valence-corrected chi connectivity index (χ0v) is 17.7. The maximum Gasteiger partial charge on any atom is 0.358 e. The van der Waals surface area contributed by atoms with Crippen LogP contribution in [0.2, 0.25) is 15.1 Å². The summed E-state index contributed by atoms with van der Waals surface area (Å²) >= 11 is 17.7. The highest BCUT2D eigenvalue weighted by molar-refractivity contribution is 6.48. The van der Waals surface area contributed by atoms with Gasteiger partial charge in [0.2, 0.25) is 5.78 Å². The van der Waals surface area contributed by atoms with Gasteiger partial charge in [0.1, 0.15) is 0 Å². The van der Waals surface area contributed by atoms with E-state index < -0.39 is 12.6 Å². The highest BCUT2D eigenvalue weighted by atomic mass is 35.5. The first-order valence-electron chi connectivity index (χ1n) is 8.77. The molecule has 1 unspecified atom stereocenters. The molecule has 2 aromatic rings. The van der Waals surface area contributed by atoms with Gasteiger partial charge in [0.05, 0.1) is 21.2 Å². The Labute approximate surface area is 177 Å². The van der Waals surface area contributed by atoms with E-state index in [0.29, 0.717) is 12.1 Å². The summed E-state index contributed by atoms with van der Waals surface area (Å²) in [5.41, 5.74) is 2.10. The van der Waals surface area contributed by atoms with Crippen molar-refractivity contribution in [1.29, 1.82) is 0 Å². The summed E-state index contributed by atoms with van der Waals surface area (Å²) in [6.45, 7) is 4.85. The molecule has 1 saturated heterocycles. The van der Waals surface area contributed by atoms with E-state index in [-0.39, 0.29) is 32.6 Å². The van der Waals surface area contributed by atoms with Crippen molar-refractivity contribution >= 4 is 46.6 Å². The number of rotatable bonds is 6. The largest absolute Gasteiger partial charge is 0.453 e. The van der Waals surface area contributed by atoms with Crippen LogP contribution >= 0.6 is 34.8 Å². The van der Waals surface area contributed by atoms with Crippen LogP contribution in [0.5, 0.6) is 0 Å². The number of pyridine rings is 1. The molecule has 2 aromatic heterocycles. The normalized spacial score (nSPS) is 16.4. The number of aryl methyl sites for hydroxylation is 1. The third-order valence-electron chi connectivity index (χ3n) is 4.73. The summed E-state index contributed by atoms with van der Waals surface area (Å²) in [5.74, 6) is -1.15. The molecule has 0 aromatic carbocycles. The van der Waals surface area contributed by atoms with Gasteiger partial charge in [-0.1, -0.05) is 34.8 Å². The molecule has 0 bridgehead atoms. The van der Waals surface area contributed by atoms with E-state index in [4.69, 9.17) is 44.3 Å². The molecule has 1 atom stereocenters. The van der Waals surface area contributed by atoms with Gasteiger partial charge in [-0.15, -0.1) is 0 Å². The summed E-state index contributed by atoms with van der Waals surface area (Å²) < 4.78 is 12.8. The van der Waals surface area contributed by atoms with Gasteiger partial charge in [0, 0.05) is 36.3 Å². The minimum atomic E-state index is -0.843. The molecule has 1 aliphatic rings. The molecular formula is C19H19Cl3N2O4. The van der Waals surface area contributed by atoms with E-state index in [9.17, 15) is 9.59 Å². The van der Waals surface area contributed by atoms with E-state index in [0.717, 1.165) is 30.8 Å².